The van der Waals surface area contributed by atoms with E-state index in [1.54, 1.807) is 0 Å². The minimum Gasteiger partial charge on any atom is -0.477 e. The lowest BCUT2D eigenvalue weighted by atomic mass is 10.2. The summed E-state index contributed by atoms with van der Waals surface area (Å²) in [5.41, 5.74) is -1.28. The largest absolute Gasteiger partial charge is 0.477 e. The summed E-state index contributed by atoms with van der Waals surface area (Å²) in [7, 11) is -3.74. The van der Waals surface area contributed by atoms with Crippen molar-refractivity contribution in [2.45, 2.75) is 24.5 Å². The Morgan fingerprint density at radius 1 is 1.30 bits per heavy atom. The third kappa shape index (κ3) is 5.93. The topological polar surface area (TPSA) is 115 Å². The number of benzene rings is 1. The monoisotopic (exact) mass is 319 g/mol. The molecule has 0 aromatic heterocycles. The smallest absolute Gasteiger partial charge is 0.342 e. The van der Waals surface area contributed by atoms with Crippen molar-refractivity contribution in [1.82, 2.24) is 0 Å². The molecule has 0 saturated heterocycles. The molecule has 0 spiro atoms. The number of hydrogen-bond donors (Lipinski definition) is 1. The Bertz CT molecular complexity index is 609. The van der Waals surface area contributed by atoms with E-state index in [4.69, 9.17) is 5.11 Å². The number of carboxylic acids is 1. The van der Waals surface area contributed by atoms with Gasteiger partial charge in [0.05, 0.1) is 9.82 Å². The molecule has 1 aromatic carbocycles. The van der Waals surface area contributed by atoms with Gasteiger partial charge in [-0.15, -0.1) is 0 Å². The van der Waals surface area contributed by atoms with Gasteiger partial charge in [-0.3, -0.25) is 10.1 Å². The van der Waals surface area contributed by atoms with Crippen LogP contribution in [0.5, 0.6) is 0 Å². The van der Waals surface area contributed by atoms with Crippen molar-refractivity contribution in [2.24, 2.45) is 0 Å². The fraction of sp³-hybridized carbons (Fsp3) is 0.364. The Kier molecular flexibility index (Phi) is 6.53. The van der Waals surface area contributed by atoms with Gasteiger partial charge in [-0.1, -0.05) is 19.6 Å². The van der Waals surface area contributed by atoms with Crippen molar-refractivity contribution in [3.05, 3.63) is 33.9 Å². The third-order valence-corrected chi connectivity index (χ3v) is 2.93. The summed E-state index contributed by atoms with van der Waals surface area (Å²) in [6.45, 7) is 6.92. The lowest BCUT2D eigenvalue weighted by Gasteiger charge is -2.01. The zero-order valence-electron chi connectivity index (χ0n) is 11.7. The van der Waals surface area contributed by atoms with Crippen molar-refractivity contribution in [1.29, 1.82) is 0 Å². The molecule has 0 unspecified atom stereocenters. The summed E-state index contributed by atoms with van der Waals surface area (Å²) in [5, 5.41) is 19.2. The molecule has 1 rings (SSSR count). The van der Waals surface area contributed by atoms with Crippen LogP contribution < -0.4 is 0 Å². The van der Waals surface area contributed by atoms with Gasteiger partial charge in [-0.25, -0.2) is 13.2 Å². The van der Waals surface area contributed by atoms with Gasteiger partial charge in [0.2, 0.25) is 0 Å². The maximum atomic E-state index is 11.1. The van der Waals surface area contributed by atoms with Gasteiger partial charge in [0.15, 0.2) is 9.84 Å². The van der Waals surface area contributed by atoms with Gasteiger partial charge in [0.25, 0.3) is 5.69 Å². The average molecular weight is 319 g/mol. The standard InChI is InChI=1S/C8H7NO6S.C3H10Si/c1-16(14,15)5-2-3-6(8(10)11)7(4-5)9(12)13;1-4(2)3/h2-4H,1H3,(H,10,11);4H,1-3H3. The van der Waals surface area contributed by atoms with Gasteiger partial charge < -0.3 is 5.11 Å². The molecule has 0 radical (unpaired) electrons. The lowest BCUT2D eigenvalue weighted by molar-refractivity contribution is -0.385. The minimum atomic E-state index is -3.60. The van der Waals surface area contributed by atoms with Crippen molar-refractivity contribution < 1.29 is 23.2 Å². The molecule has 1 aromatic rings. The highest BCUT2D eigenvalue weighted by Gasteiger charge is 2.22. The predicted molar refractivity (Wildman–Crippen MR) is 77.9 cm³/mol. The summed E-state index contributed by atoms with van der Waals surface area (Å²) < 4.78 is 22.2. The molecule has 112 valence electrons. The Morgan fingerprint density at radius 2 is 1.75 bits per heavy atom. The molecule has 0 amide bonds. The van der Waals surface area contributed by atoms with E-state index in [1.807, 2.05) is 0 Å². The second-order valence-electron chi connectivity index (χ2n) is 4.75. The molecule has 0 bridgehead atoms. The van der Waals surface area contributed by atoms with E-state index in [2.05, 4.69) is 19.6 Å². The van der Waals surface area contributed by atoms with Crippen LogP contribution in [0, 0.1) is 10.1 Å². The molecule has 0 saturated carbocycles. The first-order chi connectivity index (χ1) is 8.96. The number of hydrogen-bond acceptors (Lipinski definition) is 5. The molecule has 7 nitrogen and oxygen atoms in total. The molecular formula is C11H17NO6SSi. The van der Waals surface area contributed by atoms with E-state index < -0.39 is 32.0 Å². The van der Waals surface area contributed by atoms with Gasteiger partial charge in [0.1, 0.15) is 5.56 Å². The SMILES string of the molecule is CS(=O)(=O)c1ccc(C(=O)O)c([N+](=O)[O-])c1.C[SiH](C)C. The number of sulfone groups is 1. The number of rotatable bonds is 3. The van der Waals surface area contributed by atoms with Crippen LogP contribution in [0.2, 0.25) is 19.6 Å². The van der Waals surface area contributed by atoms with Gasteiger partial charge in [0, 0.05) is 21.1 Å². The second kappa shape index (κ2) is 7.15. The van der Waals surface area contributed by atoms with Crippen LogP contribution in [-0.2, 0) is 9.84 Å². The molecule has 20 heavy (non-hydrogen) atoms. The van der Waals surface area contributed by atoms with Gasteiger partial charge in [-0.05, 0) is 12.1 Å². The van der Waals surface area contributed by atoms with E-state index in [9.17, 15) is 23.3 Å². The van der Waals surface area contributed by atoms with Crippen LogP contribution in [0.1, 0.15) is 10.4 Å². The number of nitro groups is 1. The molecule has 0 aliphatic rings. The minimum absolute atomic E-state index is 0.139. The summed E-state index contributed by atoms with van der Waals surface area (Å²) >= 11 is 0. The first-order valence-corrected chi connectivity index (χ1v) is 11.0. The number of carbonyl (C=O) groups is 1. The zero-order valence-corrected chi connectivity index (χ0v) is 13.6. The van der Waals surface area contributed by atoms with E-state index in [0.29, 0.717) is 0 Å². The molecule has 1 N–H and O–H groups in total. The van der Waals surface area contributed by atoms with E-state index >= 15 is 0 Å². The maximum Gasteiger partial charge on any atom is 0.342 e. The van der Waals surface area contributed by atoms with E-state index in [-0.39, 0.29) is 13.7 Å². The first-order valence-electron chi connectivity index (χ1n) is 5.68. The predicted octanol–water partition coefficient (Wildman–Crippen LogP) is 1.80. The Morgan fingerprint density at radius 3 is 2.05 bits per heavy atom. The number of carboxylic acid groups (broad SMARTS) is 1. The normalized spacial score (nSPS) is 10.7. The third-order valence-electron chi connectivity index (χ3n) is 1.82. The van der Waals surface area contributed by atoms with Crippen molar-refractivity contribution >= 4 is 30.3 Å². The van der Waals surface area contributed by atoms with Crippen molar-refractivity contribution in [3.8, 4) is 0 Å². The molecule has 0 aliphatic carbocycles. The highest BCUT2D eigenvalue weighted by atomic mass is 32.2. The Balaban J connectivity index is 0.000000796. The average Bonchev–Trinajstić information content (AvgIpc) is 2.25. The van der Waals surface area contributed by atoms with Gasteiger partial charge >= 0.3 is 5.97 Å². The number of nitro benzene ring substituents is 1. The van der Waals surface area contributed by atoms with Crippen LogP contribution in [0.4, 0.5) is 5.69 Å². The van der Waals surface area contributed by atoms with Crippen LogP contribution in [0.25, 0.3) is 0 Å². The summed E-state index contributed by atoms with van der Waals surface area (Å²) in [4.78, 5) is 20.0. The van der Waals surface area contributed by atoms with Crippen LogP contribution >= 0.6 is 0 Å². The van der Waals surface area contributed by atoms with E-state index in [1.165, 1.54) is 0 Å². The molecule has 0 heterocycles. The van der Waals surface area contributed by atoms with Crippen molar-refractivity contribution in [3.63, 3.8) is 0 Å². The van der Waals surface area contributed by atoms with Crippen LogP contribution in [0.15, 0.2) is 23.1 Å². The van der Waals surface area contributed by atoms with Crippen LogP contribution in [-0.4, -0.2) is 39.5 Å². The number of nitrogens with zero attached hydrogens (tertiary/aromatic N) is 1. The molecular weight excluding hydrogens is 302 g/mol. The lowest BCUT2D eigenvalue weighted by Crippen LogP contribution is -2.05. The molecule has 0 atom stereocenters. The maximum absolute atomic E-state index is 11.1. The Labute approximate surface area is 118 Å². The Hall–Kier alpha value is -1.74. The number of aromatic carboxylic acids is 1. The summed E-state index contributed by atoms with van der Waals surface area (Å²) in [6.07, 6.45) is 0.881. The highest BCUT2D eigenvalue weighted by Crippen LogP contribution is 2.22. The van der Waals surface area contributed by atoms with Gasteiger partial charge in [-0.2, -0.15) is 0 Å². The first kappa shape index (κ1) is 18.3. The second-order valence-corrected chi connectivity index (χ2v) is 10.2. The fourth-order valence-electron chi connectivity index (χ4n) is 1.07. The summed E-state index contributed by atoms with van der Waals surface area (Å²) in [5.74, 6) is -1.48. The highest BCUT2D eigenvalue weighted by molar-refractivity contribution is 7.90. The van der Waals surface area contributed by atoms with E-state index in [0.717, 1.165) is 24.5 Å². The van der Waals surface area contributed by atoms with Crippen LogP contribution in [0.3, 0.4) is 0 Å². The fourth-order valence-corrected chi connectivity index (χ4v) is 1.71. The summed E-state index contributed by atoms with van der Waals surface area (Å²) in [6, 6.07) is 2.65. The molecule has 0 aliphatic heterocycles. The molecule has 0 fully saturated rings. The zero-order chi connectivity index (χ0) is 16.1. The quantitative estimate of drug-likeness (QED) is 0.516. The molecule has 9 heteroatoms. The van der Waals surface area contributed by atoms with Crippen molar-refractivity contribution in [2.75, 3.05) is 6.26 Å².